The molecule has 1 aromatic rings. The van der Waals surface area contributed by atoms with Gasteiger partial charge in [-0.1, -0.05) is 79.9 Å². The van der Waals surface area contributed by atoms with Crippen LogP contribution in [0.3, 0.4) is 0 Å². The number of hydrogen-bond donors (Lipinski definition) is 0. The van der Waals surface area contributed by atoms with Crippen LogP contribution in [0.2, 0.25) is 0 Å². The number of rotatable bonds is 10. The van der Waals surface area contributed by atoms with E-state index in [0.29, 0.717) is 0 Å². The van der Waals surface area contributed by atoms with Crippen molar-refractivity contribution in [2.24, 2.45) is 0 Å². The van der Waals surface area contributed by atoms with Gasteiger partial charge in [0.05, 0.1) is 0 Å². The minimum atomic E-state index is 0.965. The standard InChI is InChI=1S/C19H31Br/c1-4-5-6-7-8-9-10-11-12-19-16(2)13-18(15-20)14-17(19)3/h13-14H,4-12,15H2,1-3H3. The van der Waals surface area contributed by atoms with Crippen molar-refractivity contribution in [1.29, 1.82) is 0 Å². The summed E-state index contributed by atoms with van der Waals surface area (Å²) < 4.78 is 0. The molecule has 1 rings (SSSR count). The monoisotopic (exact) mass is 338 g/mol. The first-order valence-electron chi connectivity index (χ1n) is 8.34. The van der Waals surface area contributed by atoms with E-state index >= 15 is 0 Å². The van der Waals surface area contributed by atoms with E-state index in [0.717, 1.165) is 5.33 Å². The van der Waals surface area contributed by atoms with Crippen LogP contribution in [0.5, 0.6) is 0 Å². The summed E-state index contributed by atoms with van der Waals surface area (Å²) in [7, 11) is 0. The van der Waals surface area contributed by atoms with Gasteiger partial charge in [-0.2, -0.15) is 0 Å². The van der Waals surface area contributed by atoms with Crippen LogP contribution in [0.15, 0.2) is 12.1 Å². The highest BCUT2D eigenvalue weighted by Crippen LogP contribution is 2.21. The van der Waals surface area contributed by atoms with Gasteiger partial charge >= 0.3 is 0 Å². The highest BCUT2D eigenvalue weighted by molar-refractivity contribution is 9.08. The molecule has 0 heterocycles. The SMILES string of the molecule is CCCCCCCCCCc1c(C)cc(CBr)cc1C. The van der Waals surface area contributed by atoms with E-state index in [2.05, 4.69) is 48.8 Å². The minimum Gasteiger partial charge on any atom is -0.0876 e. The summed E-state index contributed by atoms with van der Waals surface area (Å²) in [5.41, 5.74) is 5.94. The molecule has 0 radical (unpaired) electrons. The second-order valence-corrected chi connectivity index (χ2v) is 6.63. The molecule has 114 valence electrons. The van der Waals surface area contributed by atoms with Gasteiger partial charge in [0.2, 0.25) is 0 Å². The molecule has 1 heteroatoms. The molecule has 0 bridgehead atoms. The zero-order valence-corrected chi connectivity index (χ0v) is 15.2. The smallest absolute Gasteiger partial charge is 0.0283 e. The third-order valence-electron chi connectivity index (χ3n) is 4.19. The Bertz CT molecular complexity index is 358. The molecule has 0 atom stereocenters. The summed E-state index contributed by atoms with van der Waals surface area (Å²) in [6.45, 7) is 6.81. The van der Waals surface area contributed by atoms with Crippen LogP contribution in [0, 0.1) is 13.8 Å². The van der Waals surface area contributed by atoms with Crippen molar-refractivity contribution in [3.05, 3.63) is 34.4 Å². The molecule has 1 aromatic carbocycles. The van der Waals surface area contributed by atoms with E-state index in [9.17, 15) is 0 Å². The molecule has 0 saturated carbocycles. The highest BCUT2D eigenvalue weighted by Gasteiger charge is 2.04. The van der Waals surface area contributed by atoms with E-state index in [1.165, 1.54) is 74.5 Å². The van der Waals surface area contributed by atoms with Crippen LogP contribution in [0.4, 0.5) is 0 Å². The second kappa shape index (κ2) is 10.4. The molecule has 0 amide bonds. The van der Waals surface area contributed by atoms with Gasteiger partial charge in [-0.05, 0) is 48.9 Å². The Morgan fingerprint density at radius 3 is 1.80 bits per heavy atom. The van der Waals surface area contributed by atoms with Crippen molar-refractivity contribution < 1.29 is 0 Å². The van der Waals surface area contributed by atoms with Crippen molar-refractivity contribution in [3.63, 3.8) is 0 Å². The molecule has 0 aliphatic rings. The average Bonchev–Trinajstić information content (AvgIpc) is 2.43. The lowest BCUT2D eigenvalue weighted by Crippen LogP contribution is -1.96. The fraction of sp³-hybridized carbons (Fsp3) is 0.684. The Labute approximate surface area is 134 Å². The first-order chi connectivity index (χ1) is 9.69. The summed E-state index contributed by atoms with van der Waals surface area (Å²) in [6, 6.07) is 4.67. The van der Waals surface area contributed by atoms with Crippen molar-refractivity contribution in [2.75, 3.05) is 0 Å². The molecule has 20 heavy (non-hydrogen) atoms. The number of alkyl halides is 1. The van der Waals surface area contributed by atoms with Gasteiger partial charge in [-0.15, -0.1) is 0 Å². The molecule has 0 N–H and O–H groups in total. The first-order valence-corrected chi connectivity index (χ1v) is 9.46. The maximum atomic E-state index is 3.55. The van der Waals surface area contributed by atoms with Gasteiger partial charge in [0.25, 0.3) is 0 Å². The minimum absolute atomic E-state index is 0.965. The lowest BCUT2D eigenvalue weighted by atomic mass is 9.95. The molecule has 0 saturated heterocycles. The van der Waals surface area contributed by atoms with Crippen molar-refractivity contribution in [1.82, 2.24) is 0 Å². The number of benzene rings is 1. The molecule has 0 nitrogen and oxygen atoms in total. The molecule has 0 aromatic heterocycles. The Balaban J connectivity index is 2.25. The zero-order chi connectivity index (χ0) is 14.8. The summed E-state index contributed by atoms with van der Waals surface area (Å²) in [5.74, 6) is 0. The van der Waals surface area contributed by atoms with Gasteiger partial charge < -0.3 is 0 Å². The fourth-order valence-corrected chi connectivity index (χ4v) is 3.31. The van der Waals surface area contributed by atoms with Crippen molar-refractivity contribution >= 4 is 15.9 Å². The Hall–Kier alpha value is -0.300. The average molecular weight is 339 g/mol. The molecule has 0 spiro atoms. The van der Waals surface area contributed by atoms with E-state index < -0.39 is 0 Å². The van der Waals surface area contributed by atoms with E-state index in [1.54, 1.807) is 5.56 Å². The van der Waals surface area contributed by atoms with Crippen molar-refractivity contribution in [3.8, 4) is 0 Å². The molecular formula is C19H31Br. The van der Waals surface area contributed by atoms with Gasteiger partial charge in [0.1, 0.15) is 0 Å². The molecule has 0 aliphatic heterocycles. The van der Waals surface area contributed by atoms with Crippen LogP contribution in [0.25, 0.3) is 0 Å². The van der Waals surface area contributed by atoms with Crippen LogP contribution >= 0.6 is 15.9 Å². The van der Waals surface area contributed by atoms with Crippen LogP contribution in [-0.4, -0.2) is 0 Å². The largest absolute Gasteiger partial charge is 0.0876 e. The van der Waals surface area contributed by atoms with Gasteiger partial charge in [-0.3, -0.25) is 0 Å². The second-order valence-electron chi connectivity index (χ2n) is 6.07. The highest BCUT2D eigenvalue weighted by atomic mass is 79.9. The third-order valence-corrected chi connectivity index (χ3v) is 4.84. The summed E-state index contributed by atoms with van der Waals surface area (Å²) in [5, 5.41) is 0.965. The van der Waals surface area contributed by atoms with E-state index in [1.807, 2.05) is 0 Å². The van der Waals surface area contributed by atoms with Crippen LogP contribution in [0.1, 0.15) is 80.5 Å². The normalized spacial score (nSPS) is 11.0. The predicted octanol–water partition coefficient (Wildman–Crippen LogP) is 6.88. The molecule has 0 fully saturated rings. The van der Waals surface area contributed by atoms with Crippen molar-refractivity contribution in [2.45, 2.75) is 83.9 Å². The van der Waals surface area contributed by atoms with E-state index in [-0.39, 0.29) is 0 Å². The Kier molecular flexibility index (Phi) is 9.26. The molecular weight excluding hydrogens is 308 g/mol. The Morgan fingerprint density at radius 2 is 1.30 bits per heavy atom. The lowest BCUT2D eigenvalue weighted by Gasteiger charge is -2.12. The number of aryl methyl sites for hydroxylation is 2. The number of unbranched alkanes of at least 4 members (excludes halogenated alkanes) is 7. The van der Waals surface area contributed by atoms with Crippen LogP contribution < -0.4 is 0 Å². The lowest BCUT2D eigenvalue weighted by molar-refractivity contribution is 0.575. The molecule has 0 aliphatic carbocycles. The third kappa shape index (κ3) is 6.43. The fourth-order valence-electron chi connectivity index (χ4n) is 2.99. The zero-order valence-electron chi connectivity index (χ0n) is 13.6. The summed E-state index contributed by atoms with van der Waals surface area (Å²) >= 11 is 3.55. The Morgan fingerprint density at radius 1 is 0.800 bits per heavy atom. The topological polar surface area (TPSA) is 0 Å². The predicted molar refractivity (Wildman–Crippen MR) is 94.9 cm³/mol. The van der Waals surface area contributed by atoms with Gasteiger partial charge in [0.15, 0.2) is 0 Å². The molecule has 0 unspecified atom stereocenters. The summed E-state index contributed by atoms with van der Waals surface area (Å²) in [6.07, 6.45) is 12.5. The van der Waals surface area contributed by atoms with Crippen LogP contribution in [-0.2, 0) is 11.8 Å². The van der Waals surface area contributed by atoms with E-state index in [4.69, 9.17) is 0 Å². The quantitative estimate of drug-likeness (QED) is 0.322. The maximum absolute atomic E-state index is 3.55. The van der Waals surface area contributed by atoms with Gasteiger partial charge in [0, 0.05) is 5.33 Å². The number of hydrogen-bond acceptors (Lipinski definition) is 0. The van der Waals surface area contributed by atoms with Gasteiger partial charge in [-0.25, -0.2) is 0 Å². The summed E-state index contributed by atoms with van der Waals surface area (Å²) in [4.78, 5) is 0. The maximum Gasteiger partial charge on any atom is 0.0283 e. The first kappa shape index (κ1) is 17.8. The number of halogens is 1.